The SMILES string of the molecule is COc1ccc2c(c1)c1c(n2C)CC(C)(C)NC1. The molecule has 3 rings (SSSR count). The third kappa shape index (κ3) is 1.62. The number of ether oxygens (including phenoxy) is 1. The second-order valence-corrected chi connectivity index (χ2v) is 5.78. The summed E-state index contributed by atoms with van der Waals surface area (Å²) in [5.41, 5.74) is 4.34. The third-order valence-corrected chi connectivity index (χ3v) is 4.00. The van der Waals surface area contributed by atoms with Crippen molar-refractivity contribution in [3.63, 3.8) is 0 Å². The zero-order valence-electron chi connectivity index (χ0n) is 11.5. The molecule has 0 amide bonds. The predicted octanol–water partition coefficient (Wildman–Crippen LogP) is 2.61. The standard InChI is InChI=1S/C15H20N2O/c1-15(2)8-14-12(9-16-15)11-7-10(18-4)5-6-13(11)17(14)3/h5-7,16H,8-9H2,1-4H3. The highest BCUT2D eigenvalue weighted by molar-refractivity contribution is 5.87. The van der Waals surface area contributed by atoms with Crippen molar-refractivity contribution in [3.8, 4) is 5.75 Å². The Bertz CT molecular complexity index is 610. The van der Waals surface area contributed by atoms with E-state index in [4.69, 9.17) is 4.74 Å². The van der Waals surface area contributed by atoms with Crippen molar-refractivity contribution in [2.75, 3.05) is 7.11 Å². The number of hydrogen-bond acceptors (Lipinski definition) is 2. The van der Waals surface area contributed by atoms with E-state index in [9.17, 15) is 0 Å². The van der Waals surface area contributed by atoms with E-state index in [0.717, 1.165) is 18.7 Å². The smallest absolute Gasteiger partial charge is 0.119 e. The Hall–Kier alpha value is -1.48. The molecule has 3 nitrogen and oxygen atoms in total. The van der Waals surface area contributed by atoms with Crippen LogP contribution in [0.3, 0.4) is 0 Å². The van der Waals surface area contributed by atoms with E-state index in [1.807, 2.05) is 6.07 Å². The molecular formula is C15H20N2O. The molecule has 96 valence electrons. The number of benzene rings is 1. The van der Waals surface area contributed by atoms with Gasteiger partial charge in [-0.05, 0) is 37.6 Å². The highest BCUT2D eigenvalue weighted by Crippen LogP contribution is 2.33. The molecule has 2 heterocycles. The van der Waals surface area contributed by atoms with E-state index in [1.165, 1.54) is 22.2 Å². The first kappa shape index (κ1) is 11.6. The highest BCUT2D eigenvalue weighted by Gasteiger charge is 2.28. The Labute approximate surface area is 108 Å². The molecule has 2 aromatic rings. The van der Waals surface area contributed by atoms with Crippen LogP contribution in [-0.2, 0) is 20.0 Å². The summed E-state index contributed by atoms with van der Waals surface area (Å²) in [6, 6.07) is 6.33. The summed E-state index contributed by atoms with van der Waals surface area (Å²) in [5.74, 6) is 0.931. The second-order valence-electron chi connectivity index (χ2n) is 5.78. The van der Waals surface area contributed by atoms with Crippen LogP contribution in [0.4, 0.5) is 0 Å². The van der Waals surface area contributed by atoms with Crippen LogP contribution in [0.1, 0.15) is 25.1 Å². The molecule has 0 saturated carbocycles. The molecule has 1 aliphatic rings. The van der Waals surface area contributed by atoms with Crippen LogP contribution < -0.4 is 10.1 Å². The first-order valence-electron chi connectivity index (χ1n) is 6.41. The molecule has 3 heteroatoms. The minimum atomic E-state index is 0.180. The Morgan fingerprint density at radius 2 is 2.11 bits per heavy atom. The second kappa shape index (κ2) is 3.75. The fraction of sp³-hybridized carbons (Fsp3) is 0.467. The molecule has 18 heavy (non-hydrogen) atoms. The van der Waals surface area contributed by atoms with E-state index in [0.29, 0.717) is 0 Å². The lowest BCUT2D eigenvalue weighted by atomic mass is 9.91. The number of aromatic nitrogens is 1. The van der Waals surface area contributed by atoms with Gasteiger partial charge in [0.2, 0.25) is 0 Å². The topological polar surface area (TPSA) is 26.2 Å². The summed E-state index contributed by atoms with van der Waals surface area (Å²) in [6.07, 6.45) is 1.07. The van der Waals surface area contributed by atoms with Gasteiger partial charge in [-0.15, -0.1) is 0 Å². The van der Waals surface area contributed by atoms with Crippen molar-refractivity contribution in [2.24, 2.45) is 7.05 Å². The van der Waals surface area contributed by atoms with Gasteiger partial charge < -0.3 is 14.6 Å². The molecule has 0 atom stereocenters. The van der Waals surface area contributed by atoms with Gasteiger partial charge in [0.1, 0.15) is 5.75 Å². The predicted molar refractivity (Wildman–Crippen MR) is 74.1 cm³/mol. The van der Waals surface area contributed by atoms with E-state index < -0.39 is 0 Å². The lowest BCUT2D eigenvalue weighted by molar-refractivity contribution is 0.356. The number of methoxy groups -OCH3 is 1. The van der Waals surface area contributed by atoms with Gasteiger partial charge in [0, 0.05) is 42.1 Å². The first-order valence-corrected chi connectivity index (χ1v) is 6.41. The van der Waals surface area contributed by atoms with Gasteiger partial charge in [0.05, 0.1) is 7.11 Å². The average Bonchev–Trinajstić information content (AvgIpc) is 2.61. The van der Waals surface area contributed by atoms with Crippen LogP contribution in [0.5, 0.6) is 5.75 Å². The number of aryl methyl sites for hydroxylation is 1. The van der Waals surface area contributed by atoms with E-state index >= 15 is 0 Å². The molecule has 1 N–H and O–H groups in total. The summed E-state index contributed by atoms with van der Waals surface area (Å²) in [5, 5.41) is 4.92. The van der Waals surface area contributed by atoms with Crippen LogP contribution in [0, 0.1) is 0 Å². The minimum absolute atomic E-state index is 0.180. The molecular weight excluding hydrogens is 224 g/mol. The lowest BCUT2D eigenvalue weighted by Gasteiger charge is -2.32. The quantitative estimate of drug-likeness (QED) is 0.834. The summed E-state index contributed by atoms with van der Waals surface area (Å²) >= 11 is 0. The summed E-state index contributed by atoms with van der Waals surface area (Å²) in [6.45, 7) is 5.45. The fourth-order valence-corrected chi connectivity index (χ4v) is 2.91. The lowest BCUT2D eigenvalue weighted by Crippen LogP contribution is -2.44. The maximum absolute atomic E-state index is 5.33. The molecule has 0 saturated heterocycles. The van der Waals surface area contributed by atoms with Crippen molar-refractivity contribution in [2.45, 2.75) is 32.4 Å². The Balaban J connectivity index is 2.24. The van der Waals surface area contributed by atoms with Gasteiger partial charge in [-0.25, -0.2) is 0 Å². The number of nitrogens with zero attached hydrogens (tertiary/aromatic N) is 1. The van der Waals surface area contributed by atoms with Crippen molar-refractivity contribution >= 4 is 10.9 Å². The number of rotatable bonds is 1. The average molecular weight is 244 g/mol. The monoisotopic (exact) mass is 244 g/mol. The summed E-state index contributed by atoms with van der Waals surface area (Å²) in [7, 11) is 3.88. The number of hydrogen-bond donors (Lipinski definition) is 1. The molecule has 0 unspecified atom stereocenters. The van der Waals surface area contributed by atoms with Gasteiger partial charge in [-0.2, -0.15) is 0 Å². The normalized spacial score (nSPS) is 17.8. The zero-order chi connectivity index (χ0) is 12.9. The Kier molecular flexibility index (Phi) is 2.42. The summed E-state index contributed by atoms with van der Waals surface area (Å²) < 4.78 is 7.66. The maximum Gasteiger partial charge on any atom is 0.119 e. The van der Waals surface area contributed by atoms with Crippen molar-refractivity contribution < 1.29 is 4.74 Å². The summed E-state index contributed by atoms with van der Waals surface area (Å²) in [4.78, 5) is 0. The molecule has 0 aliphatic carbocycles. The van der Waals surface area contributed by atoms with E-state index in [2.05, 4.69) is 42.9 Å². The van der Waals surface area contributed by atoms with Gasteiger partial charge in [-0.3, -0.25) is 0 Å². The van der Waals surface area contributed by atoms with Gasteiger partial charge >= 0.3 is 0 Å². The van der Waals surface area contributed by atoms with Crippen LogP contribution in [-0.4, -0.2) is 17.2 Å². The first-order chi connectivity index (χ1) is 8.52. The van der Waals surface area contributed by atoms with Crippen LogP contribution >= 0.6 is 0 Å². The van der Waals surface area contributed by atoms with Crippen LogP contribution in [0.25, 0.3) is 10.9 Å². The Morgan fingerprint density at radius 1 is 1.33 bits per heavy atom. The molecule has 0 fully saturated rings. The zero-order valence-corrected chi connectivity index (χ0v) is 11.5. The van der Waals surface area contributed by atoms with E-state index in [-0.39, 0.29) is 5.54 Å². The fourth-order valence-electron chi connectivity index (χ4n) is 2.91. The minimum Gasteiger partial charge on any atom is -0.497 e. The molecule has 1 aliphatic heterocycles. The maximum atomic E-state index is 5.33. The van der Waals surface area contributed by atoms with Gasteiger partial charge in [-0.1, -0.05) is 0 Å². The Morgan fingerprint density at radius 3 is 2.83 bits per heavy atom. The van der Waals surface area contributed by atoms with E-state index in [1.54, 1.807) is 7.11 Å². The molecule has 1 aromatic heterocycles. The third-order valence-electron chi connectivity index (χ3n) is 4.00. The molecule has 0 radical (unpaired) electrons. The molecule has 0 spiro atoms. The van der Waals surface area contributed by atoms with Gasteiger partial charge in [0.15, 0.2) is 0 Å². The number of nitrogens with one attached hydrogen (secondary N) is 1. The van der Waals surface area contributed by atoms with Crippen molar-refractivity contribution in [1.82, 2.24) is 9.88 Å². The largest absolute Gasteiger partial charge is 0.497 e. The highest BCUT2D eigenvalue weighted by atomic mass is 16.5. The van der Waals surface area contributed by atoms with Crippen LogP contribution in [0.2, 0.25) is 0 Å². The van der Waals surface area contributed by atoms with Gasteiger partial charge in [0.25, 0.3) is 0 Å². The molecule has 0 bridgehead atoms. The van der Waals surface area contributed by atoms with Crippen LogP contribution in [0.15, 0.2) is 18.2 Å². The van der Waals surface area contributed by atoms with Crippen molar-refractivity contribution in [1.29, 1.82) is 0 Å². The van der Waals surface area contributed by atoms with Crippen molar-refractivity contribution in [3.05, 3.63) is 29.5 Å². The number of fused-ring (bicyclic) bond motifs is 3. The molecule has 1 aromatic carbocycles.